The van der Waals surface area contributed by atoms with Crippen LogP contribution in [-0.4, -0.2) is 53.9 Å². The van der Waals surface area contributed by atoms with Gasteiger partial charge in [0.2, 0.25) is 14.9 Å². The van der Waals surface area contributed by atoms with Gasteiger partial charge in [-0.1, -0.05) is 24.3 Å². The molecule has 1 aliphatic heterocycles. The van der Waals surface area contributed by atoms with Crippen molar-refractivity contribution in [2.45, 2.75) is 43.0 Å². The summed E-state index contributed by atoms with van der Waals surface area (Å²) in [6.07, 6.45) is 2.14. The van der Waals surface area contributed by atoms with Crippen molar-refractivity contribution in [1.29, 1.82) is 0 Å². The summed E-state index contributed by atoms with van der Waals surface area (Å²) in [5.41, 5.74) is 2.01. The maximum absolute atomic E-state index is 13.4. The number of nitrogens with zero attached hydrogens (tertiary/aromatic N) is 5. The zero-order valence-corrected chi connectivity index (χ0v) is 20.6. The van der Waals surface area contributed by atoms with Crippen LogP contribution in [-0.2, 0) is 25.8 Å². The van der Waals surface area contributed by atoms with E-state index in [1.54, 1.807) is 12.1 Å². The highest BCUT2D eigenvalue weighted by molar-refractivity contribution is 7.91. The number of aromatic nitrogens is 4. The lowest BCUT2D eigenvalue weighted by atomic mass is 9.97. The summed E-state index contributed by atoms with van der Waals surface area (Å²) < 4.78 is 34.4. The fourth-order valence-corrected chi connectivity index (χ4v) is 6.42. The van der Waals surface area contributed by atoms with Gasteiger partial charge < -0.3 is 9.64 Å². The van der Waals surface area contributed by atoms with Crippen LogP contribution in [0.15, 0.2) is 45.6 Å². The number of carbonyl (C=O) groups excluding carboxylic acids is 1. The number of esters is 1. The Morgan fingerprint density at radius 2 is 1.88 bits per heavy atom. The minimum Gasteiger partial charge on any atom is -0.466 e. The van der Waals surface area contributed by atoms with Gasteiger partial charge in [0.1, 0.15) is 0 Å². The van der Waals surface area contributed by atoms with Gasteiger partial charge in [0.05, 0.1) is 27.6 Å². The first-order valence-electron chi connectivity index (χ1n) is 11.3. The molecule has 0 N–H and O–H groups in total. The Bertz CT molecular complexity index is 1450. The molecular weight excluding hydrogens is 474 g/mol. The highest BCUT2D eigenvalue weighted by Gasteiger charge is 2.31. The number of rotatable bonds is 6. The lowest BCUT2D eigenvalue weighted by Gasteiger charge is -2.32. The normalized spacial score (nSPS) is 15.3. The van der Waals surface area contributed by atoms with Crippen LogP contribution in [0.25, 0.3) is 15.9 Å². The number of fused-ring (bicyclic) bond motifs is 3. The van der Waals surface area contributed by atoms with Crippen molar-refractivity contribution in [3.63, 3.8) is 0 Å². The van der Waals surface area contributed by atoms with E-state index in [9.17, 15) is 13.2 Å². The first-order chi connectivity index (χ1) is 16.4. The molecule has 1 aliphatic rings. The van der Waals surface area contributed by atoms with Crippen LogP contribution in [0.4, 0.5) is 5.82 Å². The molecule has 0 saturated carbocycles. The molecule has 0 radical (unpaired) electrons. The second-order valence-electron chi connectivity index (χ2n) is 8.21. The first-order valence-corrected chi connectivity index (χ1v) is 13.7. The number of carbonyl (C=O) groups is 1. The summed E-state index contributed by atoms with van der Waals surface area (Å²) in [6, 6.07) is 8.71. The van der Waals surface area contributed by atoms with Crippen molar-refractivity contribution >= 4 is 48.8 Å². The summed E-state index contributed by atoms with van der Waals surface area (Å²) in [5, 5.41) is 9.95. The third-order valence-electron chi connectivity index (χ3n) is 6.22. The summed E-state index contributed by atoms with van der Waals surface area (Å²) >= 11 is 1.52. The topological polar surface area (TPSA) is 107 Å². The van der Waals surface area contributed by atoms with E-state index in [2.05, 4.69) is 15.2 Å². The van der Waals surface area contributed by atoms with E-state index >= 15 is 0 Å². The summed E-state index contributed by atoms with van der Waals surface area (Å²) in [5.74, 6) is 0.409. The minimum atomic E-state index is -3.91. The summed E-state index contributed by atoms with van der Waals surface area (Å²) in [6.45, 7) is 5.45. The Morgan fingerprint density at radius 3 is 2.56 bits per heavy atom. The van der Waals surface area contributed by atoms with Crippen LogP contribution in [0.1, 0.15) is 32.3 Å². The van der Waals surface area contributed by atoms with Gasteiger partial charge in [0, 0.05) is 13.1 Å². The molecule has 34 heavy (non-hydrogen) atoms. The molecule has 3 aromatic heterocycles. The fraction of sp³-hybridized carbons (Fsp3) is 0.391. The number of sulfone groups is 1. The molecule has 0 amide bonds. The lowest BCUT2D eigenvalue weighted by Crippen LogP contribution is -2.37. The van der Waals surface area contributed by atoms with Gasteiger partial charge in [0.25, 0.3) is 0 Å². The molecule has 0 unspecified atom stereocenters. The summed E-state index contributed by atoms with van der Waals surface area (Å²) in [7, 11) is -3.91. The molecule has 4 aromatic rings. The third-order valence-corrected chi connectivity index (χ3v) is 8.78. The van der Waals surface area contributed by atoms with Crippen molar-refractivity contribution < 1.29 is 17.9 Å². The molecule has 11 heteroatoms. The molecule has 9 nitrogen and oxygen atoms in total. The molecular formula is C23H25N5O4S2. The van der Waals surface area contributed by atoms with Crippen molar-refractivity contribution in [2.24, 2.45) is 5.92 Å². The SMILES string of the molecule is CCOC(=O)C1CCN(c2nc3c(S(=O)(=O)c4ccc(CC)cc4)nnn3c3ccsc23)CC1. The quantitative estimate of drug-likeness (QED) is 0.371. The highest BCUT2D eigenvalue weighted by atomic mass is 32.2. The van der Waals surface area contributed by atoms with Crippen molar-refractivity contribution in [3.8, 4) is 0 Å². The second-order valence-corrected chi connectivity index (χ2v) is 11.0. The van der Waals surface area contributed by atoms with Crippen molar-refractivity contribution in [2.75, 3.05) is 24.6 Å². The number of benzene rings is 1. The lowest BCUT2D eigenvalue weighted by molar-refractivity contribution is -0.148. The van der Waals surface area contributed by atoms with E-state index in [1.807, 2.05) is 37.4 Å². The van der Waals surface area contributed by atoms with E-state index in [-0.39, 0.29) is 27.5 Å². The Morgan fingerprint density at radius 1 is 1.15 bits per heavy atom. The van der Waals surface area contributed by atoms with E-state index in [4.69, 9.17) is 9.72 Å². The van der Waals surface area contributed by atoms with Gasteiger partial charge in [-0.15, -0.1) is 16.4 Å². The van der Waals surface area contributed by atoms with Crippen LogP contribution in [0.2, 0.25) is 0 Å². The van der Waals surface area contributed by atoms with Crippen LogP contribution in [0.3, 0.4) is 0 Å². The summed E-state index contributed by atoms with van der Waals surface area (Å²) in [4.78, 5) is 19.2. The van der Waals surface area contributed by atoms with E-state index in [1.165, 1.54) is 15.9 Å². The van der Waals surface area contributed by atoms with Gasteiger partial charge in [-0.05, 0) is 55.3 Å². The number of ether oxygens (including phenoxy) is 1. The van der Waals surface area contributed by atoms with E-state index in [0.29, 0.717) is 38.4 Å². The minimum absolute atomic E-state index is 0.127. The molecule has 0 aliphatic carbocycles. The fourth-order valence-electron chi connectivity index (χ4n) is 4.30. The zero-order valence-electron chi connectivity index (χ0n) is 19.0. The molecule has 4 heterocycles. The monoisotopic (exact) mass is 499 g/mol. The average Bonchev–Trinajstić information content (AvgIpc) is 3.51. The number of piperidine rings is 1. The largest absolute Gasteiger partial charge is 0.466 e. The molecule has 1 saturated heterocycles. The maximum atomic E-state index is 13.4. The van der Waals surface area contributed by atoms with Gasteiger partial charge in [-0.25, -0.2) is 13.4 Å². The second kappa shape index (κ2) is 8.95. The Kier molecular flexibility index (Phi) is 5.98. The van der Waals surface area contributed by atoms with Crippen molar-refractivity contribution in [1.82, 2.24) is 19.8 Å². The average molecular weight is 500 g/mol. The van der Waals surface area contributed by atoms with Crippen LogP contribution in [0, 0.1) is 5.92 Å². The standard InChI is InChI=1S/C23H25N5O4S2/c1-3-15-5-7-17(8-6-15)34(30,31)22-21-24-20(19-18(11-14-33-19)28(21)26-25-22)27-12-9-16(10-13-27)23(29)32-4-2/h5-8,11,14,16H,3-4,9-10,12-13H2,1-2H3. The predicted molar refractivity (Wildman–Crippen MR) is 129 cm³/mol. The zero-order chi connectivity index (χ0) is 23.9. The van der Waals surface area contributed by atoms with E-state index < -0.39 is 9.84 Å². The van der Waals surface area contributed by atoms with Crippen LogP contribution >= 0.6 is 11.3 Å². The number of hydrogen-bond acceptors (Lipinski definition) is 9. The van der Waals surface area contributed by atoms with Gasteiger partial charge in [0.15, 0.2) is 11.5 Å². The van der Waals surface area contributed by atoms with Gasteiger partial charge in [-0.2, -0.15) is 4.52 Å². The Balaban J connectivity index is 1.55. The molecule has 1 aromatic carbocycles. The number of aryl methyl sites for hydroxylation is 1. The number of thiophene rings is 1. The predicted octanol–water partition coefficient (Wildman–Crippen LogP) is 3.51. The number of hydrogen-bond donors (Lipinski definition) is 0. The Hall–Kier alpha value is -3.05. The molecule has 0 bridgehead atoms. The molecule has 1 fully saturated rings. The van der Waals surface area contributed by atoms with Crippen LogP contribution < -0.4 is 4.90 Å². The molecule has 5 rings (SSSR count). The molecule has 0 atom stereocenters. The smallest absolute Gasteiger partial charge is 0.309 e. The Labute approximate surface area is 201 Å². The first kappa shape index (κ1) is 22.7. The highest BCUT2D eigenvalue weighted by Crippen LogP contribution is 2.35. The van der Waals surface area contributed by atoms with Crippen LogP contribution in [0.5, 0.6) is 0 Å². The number of anilines is 1. The third kappa shape index (κ3) is 3.82. The van der Waals surface area contributed by atoms with Crippen molar-refractivity contribution in [3.05, 3.63) is 41.3 Å². The van der Waals surface area contributed by atoms with Gasteiger partial charge >= 0.3 is 5.97 Å². The molecule has 0 spiro atoms. The van der Waals surface area contributed by atoms with E-state index in [0.717, 1.165) is 22.2 Å². The molecule has 178 valence electrons. The van der Waals surface area contributed by atoms with Gasteiger partial charge in [-0.3, -0.25) is 4.79 Å². The maximum Gasteiger partial charge on any atom is 0.309 e.